The van der Waals surface area contributed by atoms with E-state index in [4.69, 9.17) is 0 Å². The monoisotopic (exact) mass is 272 g/mol. The Morgan fingerprint density at radius 2 is 2.05 bits per heavy atom. The fourth-order valence-electron chi connectivity index (χ4n) is 3.12. The molecular formula is C17H24N2O. The normalized spacial score (nSPS) is 23.5. The summed E-state index contributed by atoms with van der Waals surface area (Å²) in [6.07, 6.45) is 6.57. The predicted octanol–water partition coefficient (Wildman–Crippen LogP) is 2.79. The van der Waals surface area contributed by atoms with Gasteiger partial charge in [0.15, 0.2) is 0 Å². The lowest BCUT2D eigenvalue weighted by atomic mass is 10.0. The summed E-state index contributed by atoms with van der Waals surface area (Å²) in [7, 11) is 0. The molecule has 0 bridgehead atoms. The van der Waals surface area contributed by atoms with Gasteiger partial charge in [0.2, 0.25) is 5.91 Å². The highest BCUT2D eigenvalue weighted by Crippen LogP contribution is 2.40. The van der Waals surface area contributed by atoms with Gasteiger partial charge in [0.25, 0.3) is 0 Å². The maximum atomic E-state index is 12.2. The Labute approximate surface area is 121 Å². The van der Waals surface area contributed by atoms with E-state index in [1.54, 1.807) is 0 Å². The number of carbonyl (C=O) groups excluding carboxylic acids is 1. The SMILES string of the molecule is O=C(CCC1CCCN1)NC(c1ccccc1)C1CC1. The Balaban J connectivity index is 1.52. The summed E-state index contributed by atoms with van der Waals surface area (Å²) in [6.45, 7) is 1.11. The van der Waals surface area contributed by atoms with Crippen molar-refractivity contribution in [3.8, 4) is 0 Å². The molecule has 0 aromatic heterocycles. The topological polar surface area (TPSA) is 41.1 Å². The molecule has 2 unspecified atom stereocenters. The van der Waals surface area contributed by atoms with Gasteiger partial charge in [0.05, 0.1) is 6.04 Å². The lowest BCUT2D eigenvalue weighted by Gasteiger charge is -2.19. The van der Waals surface area contributed by atoms with Crippen LogP contribution < -0.4 is 10.6 Å². The van der Waals surface area contributed by atoms with E-state index in [2.05, 4.69) is 34.9 Å². The van der Waals surface area contributed by atoms with Crippen molar-refractivity contribution >= 4 is 5.91 Å². The smallest absolute Gasteiger partial charge is 0.220 e. The average molecular weight is 272 g/mol. The molecule has 1 aromatic carbocycles. The van der Waals surface area contributed by atoms with Crippen LogP contribution in [0.15, 0.2) is 30.3 Å². The zero-order valence-electron chi connectivity index (χ0n) is 12.0. The van der Waals surface area contributed by atoms with Gasteiger partial charge in [0, 0.05) is 12.5 Å². The minimum Gasteiger partial charge on any atom is -0.349 e. The van der Waals surface area contributed by atoms with Crippen LogP contribution in [0, 0.1) is 5.92 Å². The molecule has 1 aliphatic carbocycles. The van der Waals surface area contributed by atoms with Crippen LogP contribution in [-0.4, -0.2) is 18.5 Å². The van der Waals surface area contributed by atoms with Gasteiger partial charge in [-0.15, -0.1) is 0 Å². The van der Waals surface area contributed by atoms with Crippen molar-refractivity contribution in [2.45, 2.75) is 50.6 Å². The third-order valence-electron chi connectivity index (χ3n) is 4.45. The van der Waals surface area contributed by atoms with Crippen molar-refractivity contribution in [2.24, 2.45) is 5.92 Å². The second-order valence-electron chi connectivity index (χ2n) is 6.13. The van der Waals surface area contributed by atoms with E-state index in [0.29, 0.717) is 18.4 Å². The summed E-state index contributed by atoms with van der Waals surface area (Å²) < 4.78 is 0. The molecule has 1 saturated carbocycles. The molecule has 1 amide bonds. The highest BCUT2D eigenvalue weighted by atomic mass is 16.1. The van der Waals surface area contributed by atoms with Crippen LogP contribution in [0.4, 0.5) is 0 Å². The largest absolute Gasteiger partial charge is 0.349 e. The van der Waals surface area contributed by atoms with Gasteiger partial charge in [-0.3, -0.25) is 4.79 Å². The predicted molar refractivity (Wildman–Crippen MR) is 80.3 cm³/mol. The molecule has 1 saturated heterocycles. The van der Waals surface area contributed by atoms with Gasteiger partial charge >= 0.3 is 0 Å². The van der Waals surface area contributed by atoms with E-state index >= 15 is 0 Å². The average Bonchev–Trinajstić information content (AvgIpc) is 3.19. The lowest BCUT2D eigenvalue weighted by Crippen LogP contribution is -2.31. The van der Waals surface area contributed by atoms with Crippen LogP contribution in [0.1, 0.15) is 50.1 Å². The standard InChI is InChI=1S/C17H24N2O/c20-16(11-10-15-7-4-12-18-15)19-17(14-8-9-14)13-5-2-1-3-6-13/h1-3,5-6,14-15,17-18H,4,7-12H2,(H,19,20). The Morgan fingerprint density at radius 1 is 1.25 bits per heavy atom. The Morgan fingerprint density at radius 3 is 2.70 bits per heavy atom. The van der Waals surface area contributed by atoms with Crippen molar-refractivity contribution in [1.82, 2.24) is 10.6 Å². The second-order valence-corrected chi connectivity index (χ2v) is 6.13. The Hall–Kier alpha value is -1.35. The fourth-order valence-corrected chi connectivity index (χ4v) is 3.12. The number of rotatable bonds is 6. The molecule has 2 N–H and O–H groups in total. The number of benzene rings is 1. The molecule has 2 atom stereocenters. The molecule has 1 heterocycles. The van der Waals surface area contributed by atoms with Gasteiger partial charge in [-0.25, -0.2) is 0 Å². The molecule has 1 aromatic rings. The fraction of sp³-hybridized carbons (Fsp3) is 0.588. The van der Waals surface area contributed by atoms with Crippen LogP contribution in [-0.2, 0) is 4.79 Å². The second kappa shape index (κ2) is 6.40. The maximum Gasteiger partial charge on any atom is 0.220 e. The molecule has 1 aliphatic heterocycles. The molecule has 108 valence electrons. The minimum absolute atomic E-state index is 0.208. The summed E-state index contributed by atoms with van der Waals surface area (Å²) in [6, 6.07) is 11.2. The van der Waals surface area contributed by atoms with Gasteiger partial charge in [-0.1, -0.05) is 30.3 Å². The summed E-state index contributed by atoms with van der Waals surface area (Å²) >= 11 is 0. The summed E-state index contributed by atoms with van der Waals surface area (Å²) in [4.78, 5) is 12.2. The van der Waals surface area contributed by atoms with Gasteiger partial charge in [-0.2, -0.15) is 0 Å². The van der Waals surface area contributed by atoms with Crippen LogP contribution in [0.5, 0.6) is 0 Å². The van der Waals surface area contributed by atoms with Gasteiger partial charge in [0.1, 0.15) is 0 Å². The summed E-state index contributed by atoms with van der Waals surface area (Å²) in [5.74, 6) is 0.852. The molecule has 2 aliphatic rings. The van der Waals surface area contributed by atoms with Gasteiger partial charge in [-0.05, 0) is 50.1 Å². The van der Waals surface area contributed by atoms with E-state index in [0.717, 1.165) is 13.0 Å². The molecule has 0 radical (unpaired) electrons. The van der Waals surface area contributed by atoms with Crippen LogP contribution in [0.25, 0.3) is 0 Å². The molecule has 2 fully saturated rings. The van der Waals surface area contributed by atoms with Crippen LogP contribution >= 0.6 is 0 Å². The summed E-state index contributed by atoms with van der Waals surface area (Å²) in [5, 5.41) is 6.70. The van der Waals surface area contributed by atoms with E-state index in [9.17, 15) is 4.79 Å². The van der Waals surface area contributed by atoms with E-state index in [1.165, 1.54) is 31.2 Å². The third kappa shape index (κ3) is 3.60. The first-order valence-corrected chi connectivity index (χ1v) is 7.90. The molecule has 3 nitrogen and oxygen atoms in total. The number of nitrogens with one attached hydrogen (secondary N) is 2. The number of hydrogen-bond donors (Lipinski definition) is 2. The molecule has 3 rings (SSSR count). The quantitative estimate of drug-likeness (QED) is 0.836. The first kappa shape index (κ1) is 13.6. The van der Waals surface area contributed by atoms with Crippen molar-refractivity contribution in [1.29, 1.82) is 0 Å². The number of amides is 1. The van der Waals surface area contributed by atoms with Crippen LogP contribution in [0.3, 0.4) is 0 Å². The lowest BCUT2D eigenvalue weighted by molar-refractivity contribution is -0.122. The van der Waals surface area contributed by atoms with E-state index in [1.807, 2.05) is 6.07 Å². The Kier molecular flexibility index (Phi) is 4.36. The van der Waals surface area contributed by atoms with E-state index < -0.39 is 0 Å². The minimum atomic E-state index is 0.208. The van der Waals surface area contributed by atoms with Crippen molar-refractivity contribution < 1.29 is 4.79 Å². The number of hydrogen-bond acceptors (Lipinski definition) is 2. The van der Waals surface area contributed by atoms with Crippen molar-refractivity contribution in [3.63, 3.8) is 0 Å². The third-order valence-corrected chi connectivity index (χ3v) is 4.45. The zero-order chi connectivity index (χ0) is 13.8. The van der Waals surface area contributed by atoms with Crippen LogP contribution in [0.2, 0.25) is 0 Å². The maximum absolute atomic E-state index is 12.2. The molecule has 0 spiro atoms. The molecule has 20 heavy (non-hydrogen) atoms. The first-order chi connectivity index (χ1) is 9.83. The highest BCUT2D eigenvalue weighted by molar-refractivity contribution is 5.76. The summed E-state index contributed by atoms with van der Waals surface area (Å²) in [5.41, 5.74) is 1.25. The van der Waals surface area contributed by atoms with Crippen molar-refractivity contribution in [3.05, 3.63) is 35.9 Å². The van der Waals surface area contributed by atoms with E-state index in [-0.39, 0.29) is 11.9 Å². The highest BCUT2D eigenvalue weighted by Gasteiger charge is 2.33. The Bertz CT molecular complexity index is 436. The van der Waals surface area contributed by atoms with Crippen molar-refractivity contribution in [2.75, 3.05) is 6.54 Å². The first-order valence-electron chi connectivity index (χ1n) is 7.90. The molecule has 3 heteroatoms. The van der Waals surface area contributed by atoms with Gasteiger partial charge < -0.3 is 10.6 Å². The zero-order valence-corrected chi connectivity index (χ0v) is 12.0. The number of carbonyl (C=O) groups is 1. The molecular weight excluding hydrogens is 248 g/mol.